The Balaban J connectivity index is 1.94. The van der Waals surface area contributed by atoms with Crippen LogP contribution < -0.4 is 0 Å². The number of carbonyl (C=O) groups is 1. The second-order valence-electron chi connectivity index (χ2n) is 5.40. The Morgan fingerprint density at radius 2 is 2.00 bits per heavy atom. The number of hydrogen-bond acceptors (Lipinski definition) is 4. The molecule has 2 heterocycles. The van der Waals surface area contributed by atoms with Crippen LogP contribution in [0.25, 0.3) is 0 Å². The van der Waals surface area contributed by atoms with Crippen molar-refractivity contribution >= 4 is 5.91 Å². The van der Waals surface area contributed by atoms with Crippen LogP contribution >= 0.6 is 0 Å². The summed E-state index contributed by atoms with van der Waals surface area (Å²) in [5, 5.41) is 10.6. The highest BCUT2D eigenvalue weighted by Crippen LogP contribution is 2.25. The Morgan fingerprint density at radius 1 is 1.28 bits per heavy atom. The number of β-amino-alcohol motifs (C(OH)–C–C–N with tert-alkyl or cyclic N) is 1. The highest BCUT2D eigenvalue weighted by molar-refractivity contribution is 5.86. The highest BCUT2D eigenvalue weighted by Gasteiger charge is 2.43. The lowest BCUT2D eigenvalue weighted by Gasteiger charge is -2.40. The van der Waals surface area contributed by atoms with Crippen molar-refractivity contribution in [3.63, 3.8) is 0 Å². The average molecular weight is 256 g/mol. The minimum absolute atomic E-state index is 0.113. The van der Waals surface area contributed by atoms with Crippen LogP contribution in [-0.2, 0) is 9.53 Å². The van der Waals surface area contributed by atoms with Gasteiger partial charge in [0.25, 0.3) is 5.91 Å². The molecule has 0 aliphatic carbocycles. The fourth-order valence-electron chi connectivity index (χ4n) is 2.94. The molecule has 0 radical (unpaired) electrons. The molecule has 0 bridgehead atoms. The van der Waals surface area contributed by atoms with E-state index in [1.807, 2.05) is 0 Å². The van der Waals surface area contributed by atoms with Gasteiger partial charge in [-0.25, -0.2) is 0 Å². The molecule has 104 valence electrons. The van der Waals surface area contributed by atoms with Crippen molar-refractivity contribution in [2.75, 3.05) is 46.4 Å². The lowest BCUT2D eigenvalue weighted by molar-refractivity contribution is -0.159. The molecule has 1 unspecified atom stereocenters. The Labute approximate surface area is 109 Å². The number of aliphatic hydroxyl groups is 1. The first kappa shape index (κ1) is 13.8. The van der Waals surface area contributed by atoms with Crippen LogP contribution in [0.2, 0.25) is 0 Å². The van der Waals surface area contributed by atoms with Gasteiger partial charge in [-0.2, -0.15) is 0 Å². The van der Waals surface area contributed by atoms with Gasteiger partial charge in [0.15, 0.2) is 5.60 Å². The molecule has 1 N–H and O–H groups in total. The van der Waals surface area contributed by atoms with Crippen molar-refractivity contribution in [1.29, 1.82) is 0 Å². The highest BCUT2D eigenvalue weighted by atomic mass is 16.5. The summed E-state index contributed by atoms with van der Waals surface area (Å²) in [6.45, 7) is 4.37. The van der Waals surface area contributed by atoms with Crippen molar-refractivity contribution in [3.8, 4) is 0 Å². The summed E-state index contributed by atoms with van der Waals surface area (Å²) in [6.07, 6.45) is 3.82. The van der Waals surface area contributed by atoms with Gasteiger partial charge in [-0.15, -0.1) is 0 Å². The van der Waals surface area contributed by atoms with E-state index >= 15 is 0 Å². The van der Waals surface area contributed by atoms with E-state index < -0.39 is 5.60 Å². The first-order valence-electron chi connectivity index (χ1n) is 6.89. The molecule has 0 aromatic rings. The summed E-state index contributed by atoms with van der Waals surface area (Å²) in [6, 6.07) is 0. The first-order chi connectivity index (χ1) is 8.65. The van der Waals surface area contributed by atoms with Gasteiger partial charge in [0.1, 0.15) is 0 Å². The van der Waals surface area contributed by atoms with Crippen molar-refractivity contribution in [1.82, 2.24) is 9.80 Å². The van der Waals surface area contributed by atoms with E-state index in [1.165, 1.54) is 12.8 Å². The topological polar surface area (TPSA) is 53.0 Å². The van der Waals surface area contributed by atoms with Crippen molar-refractivity contribution < 1.29 is 14.6 Å². The number of nitrogens with zero attached hydrogens (tertiary/aromatic N) is 2. The molecule has 2 fully saturated rings. The number of likely N-dealkylation sites (tertiary alicyclic amines) is 2. The molecule has 2 rings (SSSR count). The summed E-state index contributed by atoms with van der Waals surface area (Å²) < 4.78 is 5.01. The molecule has 2 aliphatic heterocycles. The largest absolute Gasteiger partial charge is 0.383 e. The van der Waals surface area contributed by atoms with Crippen LogP contribution in [0.4, 0.5) is 0 Å². The van der Waals surface area contributed by atoms with Crippen LogP contribution in [0.5, 0.6) is 0 Å². The fourth-order valence-corrected chi connectivity index (χ4v) is 2.94. The number of hydrogen-bond donors (Lipinski definition) is 1. The molecule has 2 saturated heterocycles. The fraction of sp³-hybridized carbons (Fsp3) is 0.923. The Bertz CT molecular complexity index is 292. The molecule has 0 aromatic heterocycles. The minimum atomic E-state index is -1.17. The van der Waals surface area contributed by atoms with E-state index in [2.05, 4.69) is 4.90 Å². The summed E-state index contributed by atoms with van der Waals surface area (Å²) >= 11 is 0. The molecular formula is C13H24N2O3. The molecule has 5 nitrogen and oxygen atoms in total. The Kier molecular flexibility index (Phi) is 4.59. The van der Waals surface area contributed by atoms with E-state index in [4.69, 9.17) is 4.74 Å². The molecule has 0 spiro atoms. The number of carbonyl (C=O) groups excluding carboxylic acids is 1. The number of methoxy groups -OCH3 is 1. The predicted molar refractivity (Wildman–Crippen MR) is 68.3 cm³/mol. The van der Waals surface area contributed by atoms with E-state index in [0.717, 1.165) is 26.1 Å². The lowest BCUT2D eigenvalue weighted by Crippen LogP contribution is -2.58. The standard InChI is InChI=1S/C13H24N2O3/c1-18-10-9-15-8-4-5-13(17,12(15)16)11-14-6-2-3-7-14/h17H,2-11H2,1H3. The van der Waals surface area contributed by atoms with E-state index in [1.54, 1.807) is 12.0 Å². The molecule has 2 aliphatic rings. The van der Waals surface area contributed by atoms with Gasteiger partial charge in [0, 0.05) is 26.7 Å². The van der Waals surface area contributed by atoms with E-state index in [9.17, 15) is 9.90 Å². The normalized spacial score (nSPS) is 30.1. The minimum Gasteiger partial charge on any atom is -0.383 e. The van der Waals surface area contributed by atoms with Crippen LogP contribution in [0.1, 0.15) is 25.7 Å². The van der Waals surface area contributed by atoms with Crippen molar-refractivity contribution in [3.05, 3.63) is 0 Å². The van der Waals surface area contributed by atoms with Crippen LogP contribution in [0, 0.1) is 0 Å². The summed E-state index contributed by atoms with van der Waals surface area (Å²) in [7, 11) is 1.63. The van der Waals surface area contributed by atoms with Crippen molar-refractivity contribution in [2.45, 2.75) is 31.3 Å². The maximum absolute atomic E-state index is 12.3. The summed E-state index contributed by atoms with van der Waals surface area (Å²) in [5.41, 5.74) is -1.17. The van der Waals surface area contributed by atoms with Crippen LogP contribution in [0.3, 0.4) is 0 Å². The molecule has 5 heteroatoms. The smallest absolute Gasteiger partial charge is 0.255 e. The van der Waals surface area contributed by atoms with Gasteiger partial charge >= 0.3 is 0 Å². The third kappa shape index (κ3) is 3.02. The van der Waals surface area contributed by atoms with Gasteiger partial charge in [0.2, 0.25) is 0 Å². The molecular weight excluding hydrogens is 232 g/mol. The summed E-state index contributed by atoms with van der Waals surface area (Å²) in [5.74, 6) is -0.113. The number of rotatable bonds is 5. The van der Waals surface area contributed by atoms with Gasteiger partial charge in [0.05, 0.1) is 6.61 Å². The third-order valence-corrected chi connectivity index (χ3v) is 3.95. The molecule has 1 amide bonds. The molecule has 1 atom stereocenters. The van der Waals surface area contributed by atoms with E-state index in [0.29, 0.717) is 26.1 Å². The third-order valence-electron chi connectivity index (χ3n) is 3.95. The molecule has 0 saturated carbocycles. The Hall–Kier alpha value is -0.650. The second-order valence-corrected chi connectivity index (χ2v) is 5.40. The van der Waals surface area contributed by atoms with Gasteiger partial charge in [-0.05, 0) is 38.8 Å². The van der Waals surface area contributed by atoms with Gasteiger partial charge < -0.3 is 14.7 Å². The predicted octanol–water partition coefficient (Wildman–Crippen LogP) is 0.0821. The van der Waals surface area contributed by atoms with Gasteiger partial charge in [-0.3, -0.25) is 9.69 Å². The Morgan fingerprint density at radius 3 is 2.67 bits per heavy atom. The van der Waals surface area contributed by atoms with Crippen LogP contribution in [-0.4, -0.2) is 72.9 Å². The summed E-state index contributed by atoms with van der Waals surface area (Å²) in [4.78, 5) is 16.3. The van der Waals surface area contributed by atoms with Crippen LogP contribution in [0.15, 0.2) is 0 Å². The lowest BCUT2D eigenvalue weighted by atomic mass is 9.91. The quantitative estimate of drug-likeness (QED) is 0.757. The first-order valence-corrected chi connectivity index (χ1v) is 6.89. The molecule has 0 aromatic carbocycles. The number of amides is 1. The zero-order chi connectivity index (χ0) is 13.0. The molecule has 18 heavy (non-hydrogen) atoms. The number of ether oxygens (including phenoxy) is 1. The second kappa shape index (κ2) is 5.99. The maximum atomic E-state index is 12.3. The van der Waals surface area contributed by atoms with Gasteiger partial charge in [-0.1, -0.05) is 0 Å². The monoisotopic (exact) mass is 256 g/mol. The zero-order valence-corrected chi connectivity index (χ0v) is 11.2. The average Bonchev–Trinajstić information content (AvgIpc) is 2.84. The van der Waals surface area contributed by atoms with Crippen molar-refractivity contribution in [2.24, 2.45) is 0 Å². The zero-order valence-electron chi connectivity index (χ0n) is 11.2. The number of piperidine rings is 1. The van der Waals surface area contributed by atoms with E-state index in [-0.39, 0.29) is 5.91 Å². The SMILES string of the molecule is COCCN1CCCC(O)(CN2CCCC2)C1=O. The maximum Gasteiger partial charge on any atom is 0.255 e.